The largest absolute Gasteiger partial charge is 0.480 e. The monoisotopic (exact) mass is 317 g/mol. The number of carbonyl (C=O) groups excluding carboxylic acids is 2. The van der Waals surface area contributed by atoms with Crippen LogP contribution in [0.1, 0.15) is 33.6 Å². The number of carboxylic acid groups (broad SMARTS) is 1. The molecule has 0 aromatic heterocycles. The Balaban J connectivity index is 2.74. The lowest BCUT2D eigenvalue weighted by Crippen LogP contribution is -2.54. The number of hydrogen-bond acceptors (Lipinski definition) is 4. The van der Waals surface area contributed by atoms with Crippen molar-refractivity contribution in [1.29, 1.82) is 0 Å². The van der Waals surface area contributed by atoms with E-state index in [-0.39, 0.29) is 11.3 Å². The van der Waals surface area contributed by atoms with Gasteiger partial charge in [-0.2, -0.15) is 0 Å². The summed E-state index contributed by atoms with van der Waals surface area (Å²) in [7, 11) is 0. The van der Waals surface area contributed by atoms with Gasteiger partial charge < -0.3 is 15.7 Å². The Hall–Kier alpha value is -1.44. The molecule has 1 aliphatic rings. The van der Waals surface area contributed by atoms with E-state index in [9.17, 15) is 19.5 Å². The van der Waals surface area contributed by atoms with Gasteiger partial charge >= 0.3 is 12.0 Å². The van der Waals surface area contributed by atoms with E-state index in [4.69, 9.17) is 0 Å². The van der Waals surface area contributed by atoms with Gasteiger partial charge in [-0.15, -0.1) is 11.8 Å². The Labute approximate surface area is 128 Å². The molecule has 1 aliphatic heterocycles. The van der Waals surface area contributed by atoms with E-state index >= 15 is 0 Å². The van der Waals surface area contributed by atoms with Gasteiger partial charge in [0.15, 0.2) is 0 Å². The maximum atomic E-state index is 12.3. The zero-order valence-corrected chi connectivity index (χ0v) is 13.4. The summed E-state index contributed by atoms with van der Waals surface area (Å²) < 4.78 is 0. The van der Waals surface area contributed by atoms with Crippen LogP contribution in [0, 0.1) is 0 Å². The van der Waals surface area contributed by atoms with E-state index in [1.165, 1.54) is 16.7 Å². The topological polar surface area (TPSA) is 98.7 Å². The summed E-state index contributed by atoms with van der Waals surface area (Å²) in [5.41, 5.74) is 0. The first-order valence-corrected chi connectivity index (χ1v) is 8.18. The summed E-state index contributed by atoms with van der Waals surface area (Å²) in [6.45, 7) is 5.84. The first kappa shape index (κ1) is 17.6. The second-order valence-electron chi connectivity index (χ2n) is 4.90. The fourth-order valence-electron chi connectivity index (χ4n) is 2.15. The predicted molar refractivity (Wildman–Crippen MR) is 81.1 cm³/mol. The Morgan fingerprint density at radius 1 is 1.38 bits per heavy atom. The molecule has 0 aromatic carbocycles. The number of aliphatic carboxylic acids is 1. The molecule has 0 aromatic rings. The van der Waals surface area contributed by atoms with E-state index in [1.54, 1.807) is 13.8 Å². The molecule has 120 valence electrons. The minimum Gasteiger partial charge on any atom is -0.480 e. The summed E-state index contributed by atoms with van der Waals surface area (Å²) in [6.07, 6.45) is 1.59. The van der Waals surface area contributed by atoms with Crippen LogP contribution < -0.4 is 10.6 Å². The average molecular weight is 317 g/mol. The number of amides is 3. The maximum absolute atomic E-state index is 12.3. The minimum atomic E-state index is -1.01. The standard InChI is InChI=1S/C13H23N3O4S/c1-4-6-10-16(9(7-21-10)12(18)19)13(20)15-8(3)11(17)14-5-2/h8-10H,4-7H2,1-3H3,(H,14,17)(H,15,20)(H,18,19). The lowest BCUT2D eigenvalue weighted by Gasteiger charge is -2.28. The van der Waals surface area contributed by atoms with Gasteiger partial charge in [0, 0.05) is 12.3 Å². The molecule has 3 atom stereocenters. The summed E-state index contributed by atoms with van der Waals surface area (Å²) in [6, 6.07) is -2.03. The molecule has 1 fully saturated rings. The molecule has 0 radical (unpaired) electrons. The average Bonchev–Trinajstić information content (AvgIpc) is 2.83. The normalized spacial score (nSPS) is 22.7. The van der Waals surface area contributed by atoms with Gasteiger partial charge in [0.2, 0.25) is 5.91 Å². The second kappa shape index (κ2) is 8.11. The fourth-order valence-corrected chi connectivity index (χ4v) is 3.66. The summed E-state index contributed by atoms with van der Waals surface area (Å²) in [5, 5.41) is 14.3. The van der Waals surface area contributed by atoms with Crippen molar-refractivity contribution in [3.05, 3.63) is 0 Å². The molecule has 0 bridgehead atoms. The SMILES string of the molecule is CCCC1SCC(C(=O)O)N1C(=O)NC(C)C(=O)NCC. The first-order chi connectivity index (χ1) is 9.92. The Morgan fingerprint density at radius 3 is 2.57 bits per heavy atom. The van der Waals surface area contributed by atoms with E-state index in [2.05, 4.69) is 10.6 Å². The third-order valence-electron chi connectivity index (χ3n) is 3.23. The van der Waals surface area contributed by atoms with Crippen LogP contribution in [0.3, 0.4) is 0 Å². The molecular formula is C13H23N3O4S. The molecule has 1 rings (SSSR count). The van der Waals surface area contributed by atoms with Crippen LogP contribution in [0.5, 0.6) is 0 Å². The highest BCUT2D eigenvalue weighted by atomic mass is 32.2. The first-order valence-electron chi connectivity index (χ1n) is 7.13. The molecule has 7 nitrogen and oxygen atoms in total. The van der Waals surface area contributed by atoms with Crippen LogP contribution in [-0.4, -0.2) is 57.7 Å². The molecule has 0 aliphatic carbocycles. The number of carboxylic acids is 1. The van der Waals surface area contributed by atoms with Gasteiger partial charge in [0.1, 0.15) is 12.1 Å². The Bertz CT molecular complexity index is 405. The number of nitrogens with zero attached hydrogens (tertiary/aromatic N) is 1. The van der Waals surface area contributed by atoms with E-state index < -0.39 is 24.1 Å². The molecule has 8 heteroatoms. The van der Waals surface area contributed by atoms with Gasteiger partial charge in [-0.05, 0) is 20.3 Å². The van der Waals surface area contributed by atoms with Crippen LogP contribution in [0.4, 0.5) is 4.79 Å². The zero-order valence-electron chi connectivity index (χ0n) is 12.6. The highest BCUT2D eigenvalue weighted by molar-refractivity contribution is 8.00. The molecule has 3 N–H and O–H groups in total. The fraction of sp³-hybridized carbons (Fsp3) is 0.769. The lowest BCUT2D eigenvalue weighted by molar-refractivity contribution is -0.141. The van der Waals surface area contributed by atoms with Gasteiger partial charge in [-0.25, -0.2) is 9.59 Å². The van der Waals surface area contributed by atoms with E-state index in [0.717, 1.165) is 12.8 Å². The quantitative estimate of drug-likeness (QED) is 0.674. The molecule has 3 amide bonds. The number of carbonyl (C=O) groups is 3. The van der Waals surface area contributed by atoms with Crippen molar-refractivity contribution in [2.75, 3.05) is 12.3 Å². The number of hydrogen-bond donors (Lipinski definition) is 3. The molecule has 1 heterocycles. The highest BCUT2D eigenvalue weighted by Crippen LogP contribution is 2.32. The third kappa shape index (κ3) is 4.52. The summed E-state index contributed by atoms with van der Waals surface area (Å²) in [4.78, 5) is 36.6. The lowest BCUT2D eigenvalue weighted by atomic mass is 10.2. The van der Waals surface area contributed by atoms with Crippen LogP contribution in [0.25, 0.3) is 0 Å². The second-order valence-corrected chi connectivity index (χ2v) is 6.11. The van der Waals surface area contributed by atoms with Crippen molar-refractivity contribution >= 4 is 29.7 Å². The number of rotatable bonds is 6. The smallest absolute Gasteiger partial charge is 0.327 e. The van der Waals surface area contributed by atoms with Crippen LogP contribution in [0.2, 0.25) is 0 Å². The molecular weight excluding hydrogens is 294 g/mol. The van der Waals surface area contributed by atoms with Crippen LogP contribution in [-0.2, 0) is 9.59 Å². The summed E-state index contributed by atoms with van der Waals surface area (Å²) in [5.74, 6) is -0.915. The number of nitrogens with one attached hydrogen (secondary N) is 2. The van der Waals surface area contributed by atoms with Crippen molar-refractivity contribution < 1.29 is 19.5 Å². The van der Waals surface area contributed by atoms with Crippen LogP contribution >= 0.6 is 11.8 Å². The molecule has 0 spiro atoms. The molecule has 21 heavy (non-hydrogen) atoms. The Kier molecular flexibility index (Phi) is 6.80. The van der Waals surface area contributed by atoms with Crippen molar-refractivity contribution in [1.82, 2.24) is 15.5 Å². The number of likely N-dealkylation sites (N-methyl/N-ethyl adjacent to an activating group) is 1. The van der Waals surface area contributed by atoms with Gasteiger partial charge in [0.05, 0.1) is 5.37 Å². The van der Waals surface area contributed by atoms with Crippen molar-refractivity contribution in [3.8, 4) is 0 Å². The van der Waals surface area contributed by atoms with Crippen LogP contribution in [0.15, 0.2) is 0 Å². The van der Waals surface area contributed by atoms with Crippen molar-refractivity contribution in [3.63, 3.8) is 0 Å². The van der Waals surface area contributed by atoms with Gasteiger partial charge in [0.25, 0.3) is 0 Å². The molecule has 3 unspecified atom stereocenters. The predicted octanol–water partition coefficient (Wildman–Crippen LogP) is 0.849. The molecule has 1 saturated heterocycles. The Morgan fingerprint density at radius 2 is 2.05 bits per heavy atom. The van der Waals surface area contributed by atoms with Gasteiger partial charge in [-0.1, -0.05) is 13.3 Å². The van der Waals surface area contributed by atoms with Crippen molar-refractivity contribution in [2.24, 2.45) is 0 Å². The number of urea groups is 1. The third-order valence-corrected chi connectivity index (χ3v) is 4.59. The van der Waals surface area contributed by atoms with Crippen molar-refractivity contribution in [2.45, 2.75) is 51.1 Å². The number of thioether (sulfide) groups is 1. The molecule has 0 saturated carbocycles. The van der Waals surface area contributed by atoms with E-state index in [0.29, 0.717) is 12.3 Å². The minimum absolute atomic E-state index is 0.155. The zero-order chi connectivity index (χ0) is 16.0. The summed E-state index contributed by atoms with van der Waals surface area (Å²) >= 11 is 1.47. The van der Waals surface area contributed by atoms with Gasteiger partial charge in [-0.3, -0.25) is 9.69 Å². The maximum Gasteiger partial charge on any atom is 0.327 e. The van der Waals surface area contributed by atoms with E-state index in [1.807, 2.05) is 6.92 Å². The highest BCUT2D eigenvalue weighted by Gasteiger charge is 2.41.